The number of hydrogen-bond donors (Lipinski definition) is 3. The molecule has 6 heteroatoms. The van der Waals surface area contributed by atoms with E-state index in [1.807, 2.05) is 6.08 Å². The van der Waals surface area contributed by atoms with Gasteiger partial charge in [0.1, 0.15) is 0 Å². The van der Waals surface area contributed by atoms with Crippen LogP contribution in [0.15, 0.2) is 36.5 Å². The molecule has 454 valence electrons. The molecule has 0 saturated heterocycles. The van der Waals surface area contributed by atoms with E-state index in [-0.39, 0.29) is 18.5 Å². The lowest BCUT2D eigenvalue weighted by Gasteiger charge is -2.20. The molecule has 0 aromatic heterocycles. The van der Waals surface area contributed by atoms with Crippen LogP contribution in [-0.4, -0.2) is 47.4 Å². The molecule has 0 aliphatic heterocycles. The molecule has 0 aromatic rings. The second-order valence-corrected chi connectivity index (χ2v) is 23.9. The van der Waals surface area contributed by atoms with Crippen molar-refractivity contribution in [2.24, 2.45) is 0 Å². The number of ether oxygens (including phenoxy) is 1. The molecule has 0 spiro atoms. The number of hydrogen-bond acceptors (Lipinski definition) is 5. The van der Waals surface area contributed by atoms with Crippen molar-refractivity contribution in [2.45, 2.75) is 392 Å². The summed E-state index contributed by atoms with van der Waals surface area (Å²) in [5.41, 5.74) is 0. The van der Waals surface area contributed by atoms with Gasteiger partial charge in [0.2, 0.25) is 5.91 Å². The monoisotopic (exact) mass is 1080 g/mol. The lowest BCUT2D eigenvalue weighted by molar-refractivity contribution is -0.143. The number of nitrogens with one attached hydrogen (secondary N) is 1. The molecule has 2 atom stereocenters. The minimum Gasteiger partial charge on any atom is -0.466 e. The Kier molecular flexibility index (Phi) is 64.9. The van der Waals surface area contributed by atoms with E-state index in [1.54, 1.807) is 6.08 Å². The van der Waals surface area contributed by atoms with Gasteiger partial charge in [-0.25, -0.2) is 0 Å². The van der Waals surface area contributed by atoms with E-state index in [1.165, 1.54) is 302 Å². The molecule has 2 unspecified atom stereocenters. The van der Waals surface area contributed by atoms with Gasteiger partial charge in [-0.2, -0.15) is 0 Å². The number of amides is 1. The van der Waals surface area contributed by atoms with Crippen molar-refractivity contribution in [3.63, 3.8) is 0 Å². The van der Waals surface area contributed by atoms with Crippen molar-refractivity contribution < 1.29 is 24.5 Å². The molecule has 6 nitrogen and oxygen atoms in total. The first-order valence-electron chi connectivity index (χ1n) is 34.8. The number of carbonyl (C=O) groups is 2. The van der Waals surface area contributed by atoms with Gasteiger partial charge in [-0.1, -0.05) is 346 Å². The van der Waals surface area contributed by atoms with Crippen molar-refractivity contribution in [3.05, 3.63) is 36.5 Å². The fourth-order valence-electron chi connectivity index (χ4n) is 10.9. The Balaban J connectivity index is 3.36. The molecule has 0 aliphatic carbocycles. The van der Waals surface area contributed by atoms with E-state index in [4.69, 9.17) is 4.74 Å². The van der Waals surface area contributed by atoms with Gasteiger partial charge in [0.25, 0.3) is 0 Å². The summed E-state index contributed by atoms with van der Waals surface area (Å²) in [5.74, 6) is -0.0575. The van der Waals surface area contributed by atoms with Crippen molar-refractivity contribution in [3.8, 4) is 0 Å². The molecular weight excluding hydrogens is 947 g/mol. The maximum atomic E-state index is 12.5. The van der Waals surface area contributed by atoms with Gasteiger partial charge < -0.3 is 20.3 Å². The van der Waals surface area contributed by atoms with Gasteiger partial charge >= 0.3 is 5.97 Å². The normalized spacial score (nSPS) is 12.7. The fourth-order valence-corrected chi connectivity index (χ4v) is 10.9. The third-order valence-corrected chi connectivity index (χ3v) is 16.1. The van der Waals surface area contributed by atoms with E-state index in [9.17, 15) is 19.8 Å². The second kappa shape index (κ2) is 66.6. The van der Waals surface area contributed by atoms with Crippen LogP contribution in [0.5, 0.6) is 0 Å². The topological polar surface area (TPSA) is 95.9 Å². The number of aliphatic hydroxyl groups is 2. The number of rotatable bonds is 65. The van der Waals surface area contributed by atoms with Gasteiger partial charge in [-0.05, 0) is 57.8 Å². The van der Waals surface area contributed by atoms with Crippen LogP contribution in [0.4, 0.5) is 0 Å². The lowest BCUT2D eigenvalue weighted by Crippen LogP contribution is -2.45. The SMILES string of the molecule is CCC/C=C\C/C=C\CCCCCCCC(=O)OCCCCCCCCCCCCCCCCCCCCCCCCCCCCCCCC(=O)NC(CO)C(O)/C=C/CCCCCCCCCCCCCCCCCC. The van der Waals surface area contributed by atoms with E-state index in [0.29, 0.717) is 19.4 Å². The molecular formula is C71H135NO5. The predicted octanol–water partition coefficient (Wildman–Crippen LogP) is 22.3. The zero-order valence-electron chi connectivity index (χ0n) is 52.0. The zero-order valence-corrected chi connectivity index (χ0v) is 52.0. The smallest absolute Gasteiger partial charge is 0.305 e. The summed E-state index contributed by atoms with van der Waals surface area (Å²) in [4.78, 5) is 24.5. The van der Waals surface area contributed by atoms with Crippen LogP contribution >= 0.6 is 0 Å². The van der Waals surface area contributed by atoms with Crippen LogP contribution in [0.1, 0.15) is 380 Å². The Bertz CT molecular complexity index is 1250. The Labute approximate surface area is 481 Å². The third kappa shape index (κ3) is 63.1. The standard InChI is InChI=1S/C71H135NO5/c1-3-5-7-9-11-13-15-17-18-19-33-36-40-43-47-51-55-59-63-69(74)68(67-73)72-70(75)64-60-56-52-48-44-41-37-34-31-29-27-25-23-21-20-22-24-26-28-30-32-35-38-42-46-50-54-58-62-66-77-71(76)65-61-57-53-49-45-39-16-14-12-10-8-6-4-2/h8,10,14,16,59,63,68-69,73-74H,3-7,9,11-13,15,17-58,60-62,64-67H2,1-2H3,(H,72,75)/b10-8-,16-14-,63-59+. The first kappa shape index (κ1) is 75.1. The highest BCUT2D eigenvalue weighted by Crippen LogP contribution is 2.19. The molecule has 0 fully saturated rings. The van der Waals surface area contributed by atoms with Gasteiger partial charge in [0.15, 0.2) is 0 Å². The van der Waals surface area contributed by atoms with Gasteiger partial charge in [0.05, 0.1) is 25.4 Å². The number of aliphatic hydroxyl groups excluding tert-OH is 2. The summed E-state index contributed by atoms with van der Waals surface area (Å²) < 4.78 is 5.48. The quantitative estimate of drug-likeness (QED) is 0.0320. The summed E-state index contributed by atoms with van der Waals surface area (Å²) >= 11 is 0. The summed E-state index contributed by atoms with van der Waals surface area (Å²) in [6.07, 6.45) is 85.1. The van der Waals surface area contributed by atoms with Crippen LogP contribution in [0.3, 0.4) is 0 Å². The van der Waals surface area contributed by atoms with Gasteiger partial charge in [-0.3, -0.25) is 9.59 Å². The predicted molar refractivity (Wildman–Crippen MR) is 338 cm³/mol. The zero-order chi connectivity index (χ0) is 55.7. The third-order valence-electron chi connectivity index (χ3n) is 16.1. The van der Waals surface area contributed by atoms with Crippen LogP contribution in [0.25, 0.3) is 0 Å². The van der Waals surface area contributed by atoms with E-state index in [0.717, 1.165) is 51.4 Å². The van der Waals surface area contributed by atoms with Crippen molar-refractivity contribution >= 4 is 11.9 Å². The molecule has 0 saturated carbocycles. The average Bonchev–Trinajstić information content (AvgIpc) is 3.43. The second-order valence-electron chi connectivity index (χ2n) is 23.9. The molecule has 1 amide bonds. The van der Waals surface area contributed by atoms with Crippen molar-refractivity contribution in [2.75, 3.05) is 13.2 Å². The molecule has 0 radical (unpaired) electrons. The Hall–Kier alpha value is -1.92. The van der Waals surface area contributed by atoms with Crippen molar-refractivity contribution in [1.29, 1.82) is 0 Å². The molecule has 3 N–H and O–H groups in total. The first-order valence-corrected chi connectivity index (χ1v) is 34.8. The number of carbonyl (C=O) groups excluding carboxylic acids is 2. The highest BCUT2D eigenvalue weighted by molar-refractivity contribution is 5.76. The van der Waals surface area contributed by atoms with Crippen molar-refractivity contribution in [1.82, 2.24) is 5.32 Å². The van der Waals surface area contributed by atoms with Crippen LogP contribution in [0, 0.1) is 0 Å². The number of unbranched alkanes of at least 4 members (excludes halogenated alkanes) is 50. The van der Waals surface area contributed by atoms with E-state index < -0.39 is 12.1 Å². The highest BCUT2D eigenvalue weighted by Gasteiger charge is 2.18. The summed E-state index contributed by atoms with van der Waals surface area (Å²) in [6, 6.07) is -0.626. The average molecular weight is 1080 g/mol. The summed E-state index contributed by atoms with van der Waals surface area (Å²) in [5, 5.41) is 23.2. The minimum absolute atomic E-state index is 0.00399. The molecule has 0 bridgehead atoms. The fraction of sp³-hybridized carbons (Fsp3) is 0.887. The first-order chi connectivity index (χ1) is 38.0. The highest BCUT2D eigenvalue weighted by atomic mass is 16.5. The number of esters is 1. The molecule has 0 rings (SSSR count). The minimum atomic E-state index is -0.842. The van der Waals surface area contributed by atoms with Gasteiger partial charge in [-0.15, -0.1) is 0 Å². The van der Waals surface area contributed by atoms with E-state index in [2.05, 4.69) is 43.5 Å². The Morgan fingerprint density at radius 1 is 0.364 bits per heavy atom. The molecule has 0 heterocycles. The largest absolute Gasteiger partial charge is 0.466 e. The lowest BCUT2D eigenvalue weighted by atomic mass is 10.0. The molecule has 77 heavy (non-hydrogen) atoms. The van der Waals surface area contributed by atoms with Crippen LogP contribution in [0.2, 0.25) is 0 Å². The Morgan fingerprint density at radius 3 is 1.04 bits per heavy atom. The van der Waals surface area contributed by atoms with Crippen LogP contribution in [-0.2, 0) is 14.3 Å². The van der Waals surface area contributed by atoms with Crippen LogP contribution < -0.4 is 5.32 Å². The molecule has 0 aliphatic rings. The van der Waals surface area contributed by atoms with E-state index >= 15 is 0 Å². The summed E-state index contributed by atoms with van der Waals surface area (Å²) in [7, 11) is 0. The summed E-state index contributed by atoms with van der Waals surface area (Å²) in [6.45, 7) is 4.87. The maximum absolute atomic E-state index is 12.5. The Morgan fingerprint density at radius 2 is 0.675 bits per heavy atom. The number of allylic oxidation sites excluding steroid dienone is 5. The molecule has 0 aromatic carbocycles. The van der Waals surface area contributed by atoms with Gasteiger partial charge in [0, 0.05) is 12.8 Å². The maximum Gasteiger partial charge on any atom is 0.305 e.